The van der Waals surface area contributed by atoms with E-state index >= 15 is 0 Å². The molecule has 10 heteroatoms. The molecular formula is C17H9ClN4O5. The van der Waals surface area contributed by atoms with Crippen molar-refractivity contribution in [1.82, 2.24) is 14.8 Å². The van der Waals surface area contributed by atoms with E-state index in [1.165, 1.54) is 6.07 Å². The Bertz CT molecular complexity index is 1360. The molecule has 4 rings (SSSR count). The van der Waals surface area contributed by atoms with Crippen LogP contribution in [0.5, 0.6) is 5.88 Å². The first-order chi connectivity index (χ1) is 12.9. The second-order valence-electron chi connectivity index (χ2n) is 5.69. The summed E-state index contributed by atoms with van der Waals surface area (Å²) in [6.45, 7) is 0. The monoisotopic (exact) mass is 384 g/mol. The van der Waals surface area contributed by atoms with Gasteiger partial charge in [-0.3, -0.25) is 19.7 Å². The van der Waals surface area contributed by atoms with E-state index in [1.807, 2.05) is 0 Å². The van der Waals surface area contributed by atoms with E-state index < -0.39 is 27.5 Å². The Kier molecular flexibility index (Phi) is 3.67. The zero-order valence-corrected chi connectivity index (χ0v) is 14.1. The van der Waals surface area contributed by atoms with E-state index in [-0.39, 0.29) is 26.8 Å². The van der Waals surface area contributed by atoms with Gasteiger partial charge in [-0.15, -0.1) is 5.10 Å². The lowest BCUT2D eigenvalue weighted by molar-refractivity contribution is -0.384. The summed E-state index contributed by atoms with van der Waals surface area (Å²) in [5, 5.41) is 24.5. The maximum absolute atomic E-state index is 12.9. The number of nitrogens with zero attached hydrogens (tertiary/aromatic N) is 3. The van der Waals surface area contributed by atoms with Crippen LogP contribution < -0.4 is 11.0 Å². The number of aromatic hydroxyl groups is 1. The lowest BCUT2D eigenvalue weighted by Crippen LogP contribution is -2.26. The highest BCUT2D eigenvalue weighted by molar-refractivity contribution is 6.33. The minimum absolute atomic E-state index is 0.0964. The van der Waals surface area contributed by atoms with Crippen molar-refractivity contribution in [3.8, 4) is 11.6 Å². The molecule has 0 bridgehead atoms. The van der Waals surface area contributed by atoms with Crippen molar-refractivity contribution in [2.75, 3.05) is 0 Å². The van der Waals surface area contributed by atoms with Gasteiger partial charge in [-0.2, -0.15) is 4.68 Å². The van der Waals surface area contributed by atoms with Gasteiger partial charge in [0, 0.05) is 6.07 Å². The standard InChI is InChI=1S/C17H9ClN4O5/c18-10-7-11-9(6-12(10)22(26)27)15(23)13-14(19-11)16(24)20-21(17(13)25)8-4-2-1-3-5-8/h1-7H,(H,19,23)(H,20,24). The highest BCUT2D eigenvalue weighted by Gasteiger charge is 2.20. The van der Waals surface area contributed by atoms with Gasteiger partial charge in [-0.25, -0.2) is 0 Å². The SMILES string of the molecule is O=c1c2cc([N+](=O)[O-])c(Cl)cc2[nH]c2c(O)nn(-c3ccccc3)c(=O)c12. The molecule has 0 saturated carbocycles. The molecule has 27 heavy (non-hydrogen) atoms. The van der Waals surface area contributed by atoms with Gasteiger partial charge in [-0.05, 0) is 18.2 Å². The van der Waals surface area contributed by atoms with E-state index in [0.29, 0.717) is 5.69 Å². The normalized spacial score (nSPS) is 11.1. The van der Waals surface area contributed by atoms with Crippen molar-refractivity contribution in [2.24, 2.45) is 0 Å². The number of hydrogen-bond donors (Lipinski definition) is 2. The summed E-state index contributed by atoms with van der Waals surface area (Å²) in [6.07, 6.45) is 0. The molecule has 9 nitrogen and oxygen atoms in total. The van der Waals surface area contributed by atoms with Crippen LogP contribution in [0.4, 0.5) is 5.69 Å². The number of halogens is 1. The summed E-state index contributed by atoms with van der Waals surface area (Å²) >= 11 is 5.87. The molecule has 0 amide bonds. The third kappa shape index (κ3) is 2.52. The van der Waals surface area contributed by atoms with E-state index in [0.717, 1.165) is 10.7 Å². The van der Waals surface area contributed by atoms with E-state index in [2.05, 4.69) is 10.1 Å². The Balaban J connectivity index is 2.18. The molecule has 0 spiro atoms. The molecule has 4 aromatic rings. The summed E-state index contributed by atoms with van der Waals surface area (Å²) in [5.74, 6) is -0.568. The summed E-state index contributed by atoms with van der Waals surface area (Å²) in [4.78, 5) is 38.8. The maximum Gasteiger partial charge on any atom is 0.288 e. The first kappa shape index (κ1) is 16.7. The fraction of sp³-hybridized carbons (Fsp3) is 0. The Morgan fingerprint density at radius 2 is 1.89 bits per heavy atom. The average Bonchev–Trinajstić information content (AvgIpc) is 2.64. The van der Waals surface area contributed by atoms with Gasteiger partial charge >= 0.3 is 0 Å². The summed E-state index contributed by atoms with van der Waals surface area (Å²) in [6, 6.07) is 10.4. The minimum atomic E-state index is -0.772. The number of aromatic nitrogens is 3. The number of rotatable bonds is 2. The first-order valence-corrected chi connectivity index (χ1v) is 7.97. The number of benzene rings is 2. The van der Waals surface area contributed by atoms with Gasteiger partial charge < -0.3 is 10.1 Å². The Hall–Kier alpha value is -3.72. The van der Waals surface area contributed by atoms with Crippen LogP contribution in [0.3, 0.4) is 0 Å². The number of pyridine rings is 1. The lowest BCUT2D eigenvalue weighted by atomic mass is 10.1. The smallest absolute Gasteiger partial charge is 0.288 e. The van der Waals surface area contributed by atoms with Gasteiger partial charge in [-0.1, -0.05) is 29.8 Å². The molecule has 0 atom stereocenters. The summed E-state index contributed by atoms with van der Waals surface area (Å²) < 4.78 is 0.892. The van der Waals surface area contributed by atoms with E-state index in [9.17, 15) is 24.8 Å². The van der Waals surface area contributed by atoms with Crippen molar-refractivity contribution in [3.05, 3.63) is 78.2 Å². The predicted molar refractivity (Wildman–Crippen MR) is 98.8 cm³/mol. The molecule has 2 N–H and O–H groups in total. The van der Waals surface area contributed by atoms with Crippen molar-refractivity contribution >= 4 is 39.1 Å². The lowest BCUT2D eigenvalue weighted by Gasteiger charge is -2.09. The molecule has 2 heterocycles. The molecule has 2 aromatic carbocycles. The maximum atomic E-state index is 12.9. The minimum Gasteiger partial charge on any atom is -0.491 e. The van der Waals surface area contributed by atoms with Gasteiger partial charge in [0.25, 0.3) is 17.1 Å². The molecule has 0 radical (unpaired) electrons. The number of nitrogens with one attached hydrogen (secondary N) is 1. The quantitative estimate of drug-likeness (QED) is 0.310. The van der Waals surface area contributed by atoms with Crippen LogP contribution >= 0.6 is 11.6 Å². The van der Waals surface area contributed by atoms with Gasteiger partial charge in [0.1, 0.15) is 15.9 Å². The van der Waals surface area contributed by atoms with Crippen LogP contribution in [0.1, 0.15) is 0 Å². The third-order valence-electron chi connectivity index (χ3n) is 4.09. The molecular weight excluding hydrogens is 376 g/mol. The Labute approximate surface area is 154 Å². The van der Waals surface area contributed by atoms with Crippen LogP contribution in [-0.4, -0.2) is 24.8 Å². The zero-order valence-electron chi connectivity index (χ0n) is 13.3. The van der Waals surface area contributed by atoms with Crippen molar-refractivity contribution in [3.63, 3.8) is 0 Å². The number of fused-ring (bicyclic) bond motifs is 2. The van der Waals surface area contributed by atoms with Crippen LogP contribution in [-0.2, 0) is 0 Å². The van der Waals surface area contributed by atoms with Crippen molar-refractivity contribution < 1.29 is 10.0 Å². The van der Waals surface area contributed by atoms with Gasteiger partial charge in [0.15, 0.2) is 0 Å². The topological polar surface area (TPSA) is 131 Å². The van der Waals surface area contributed by atoms with E-state index in [4.69, 9.17) is 11.6 Å². The Morgan fingerprint density at radius 1 is 1.19 bits per heavy atom. The van der Waals surface area contributed by atoms with Crippen LogP contribution in [0.15, 0.2) is 52.1 Å². The fourth-order valence-corrected chi connectivity index (χ4v) is 3.08. The summed E-state index contributed by atoms with van der Waals surface area (Å²) in [7, 11) is 0. The van der Waals surface area contributed by atoms with Crippen molar-refractivity contribution in [2.45, 2.75) is 0 Å². The number of hydrogen-bond acceptors (Lipinski definition) is 6. The van der Waals surface area contributed by atoms with Gasteiger partial charge in [0.05, 0.1) is 21.5 Å². The van der Waals surface area contributed by atoms with Gasteiger partial charge in [0.2, 0.25) is 5.43 Å². The predicted octanol–water partition coefficient (Wildman–Crippen LogP) is 2.49. The van der Waals surface area contributed by atoms with E-state index in [1.54, 1.807) is 30.3 Å². The molecule has 0 aliphatic heterocycles. The fourth-order valence-electron chi connectivity index (χ4n) is 2.85. The number of H-pyrrole nitrogens is 1. The van der Waals surface area contributed by atoms with Crippen molar-refractivity contribution in [1.29, 1.82) is 0 Å². The first-order valence-electron chi connectivity index (χ1n) is 7.60. The number of nitro benzene ring substituents is 1. The molecule has 0 unspecified atom stereocenters. The van der Waals surface area contributed by atoms with Crippen LogP contribution in [0.25, 0.3) is 27.5 Å². The summed E-state index contributed by atoms with van der Waals surface area (Å²) in [5.41, 5.74) is -1.69. The second-order valence-corrected chi connectivity index (χ2v) is 6.09. The largest absolute Gasteiger partial charge is 0.491 e. The molecule has 134 valence electrons. The molecule has 2 aromatic heterocycles. The zero-order chi connectivity index (χ0) is 19.3. The van der Waals surface area contributed by atoms with Crippen LogP contribution in [0.2, 0.25) is 5.02 Å². The molecule has 0 fully saturated rings. The second kappa shape index (κ2) is 5.92. The Morgan fingerprint density at radius 3 is 2.56 bits per heavy atom. The van der Waals surface area contributed by atoms with Crippen LogP contribution in [0, 0.1) is 10.1 Å². The number of nitro groups is 1. The molecule has 0 saturated heterocycles. The molecule has 0 aliphatic rings. The highest BCUT2D eigenvalue weighted by atomic mass is 35.5. The number of para-hydroxylation sites is 1. The highest BCUT2D eigenvalue weighted by Crippen LogP contribution is 2.29. The molecule has 0 aliphatic carbocycles. The number of aromatic amines is 1. The average molecular weight is 385 g/mol. The third-order valence-corrected chi connectivity index (χ3v) is 4.39.